The number of rotatable bonds is 4. The number of hydrogen-bond donors (Lipinski definition) is 1. The smallest absolute Gasteiger partial charge is 0.254 e. The molecule has 8 nitrogen and oxygen atoms in total. The first-order valence-corrected chi connectivity index (χ1v) is 11.9. The van der Waals surface area contributed by atoms with Crippen molar-refractivity contribution in [2.45, 2.75) is 18.4 Å². The highest BCUT2D eigenvalue weighted by atomic mass is 16.6. The van der Waals surface area contributed by atoms with Crippen LogP contribution in [0.15, 0.2) is 54.6 Å². The van der Waals surface area contributed by atoms with Gasteiger partial charge in [0.25, 0.3) is 5.91 Å². The van der Waals surface area contributed by atoms with Gasteiger partial charge in [0.05, 0.1) is 26.2 Å². The fourth-order valence-electron chi connectivity index (χ4n) is 5.48. The number of methoxy groups -OCH3 is 2. The first-order chi connectivity index (χ1) is 17.6. The summed E-state index contributed by atoms with van der Waals surface area (Å²) >= 11 is 0. The highest BCUT2D eigenvalue weighted by Gasteiger charge is 2.46. The van der Waals surface area contributed by atoms with Gasteiger partial charge in [-0.3, -0.25) is 9.59 Å². The van der Waals surface area contributed by atoms with E-state index in [-0.39, 0.29) is 11.8 Å². The van der Waals surface area contributed by atoms with Gasteiger partial charge in [-0.1, -0.05) is 18.2 Å². The molecule has 3 heterocycles. The lowest BCUT2D eigenvalue weighted by atomic mass is 9.75. The van der Waals surface area contributed by atoms with Crippen LogP contribution in [-0.2, 0) is 11.2 Å². The lowest BCUT2D eigenvalue weighted by molar-refractivity contribution is -0.119. The Labute approximate surface area is 208 Å². The van der Waals surface area contributed by atoms with Crippen molar-refractivity contribution in [1.82, 2.24) is 4.90 Å². The van der Waals surface area contributed by atoms with E-state index in [1.807, 2.05) is 35.2 Å². The Morgan fingerprint density at radius 2 is 1.69 bits per heavy atom. The average molecular weight is 487 g/mol. The molecule has 2 atom stereocenters. The molecule has 3 aliphatic heterocycles. The fourth-order valence-corrected chi connectivity index (χ4v) is 5.48. The Balaban J connectivity index is 1.44. The molecule has 3 aliphatic rings. The van der Waals surface area contributed by atoms with Crippen LogP contribution in [0.3, 0.4) is 0 Å². The fraction of sp³-hybridized carbons (Fsp3) is 0.286. The first kappa shape index (κ1) is 22.3. The molecule has 0 unspecified atom stereocenters. The predicted molar refractivity (Wildman–Crippen MR) is 132 cm³/mol. The lowest BCUT2D eigenvalue weighted by Crippen LogP contribution is -2.49. The van der Waals surface area contributed by atoms with Crippen LogP contribution in [0.1, 0.15) is 39.0 Å². The molecule has 0 aromatic heterocycles. The van der Waals surface area contributed by atoms with E-state index in [1.165, 1.54) is 0 Å². The van der Waals surface area contributed by atoms with Gasteiger partial charge >= 0.3 is 0 Å². The molecule has 0 fully saturated rings. The number of fused-ring (bicyclic) bond motifs is 5. The van der Waals surface area contributed by atoms with Gasteiger partial charge in [-0.15, -0.1) is 0 Å². The third-order valence-corrected chi connectivity index (χ3v) is 7.12. The third kappa shape index (κ3) is 3.52. The van der Waals surface area contributed by atoms with Crippen molar-refractivity contribution >= 4 is 17.5 Å². The second kappa shape index (κ2) is 8.78. The van der Waals surface area contributed by atoms with Gasteiger partial charge in [-0.2, -0.15) is 0 Å². The van der Waals surface area contributed by atoms with Gasteiger partial charge in [-0.25, -0.2) is 0 Å². The minimum Gasteiger partial charge on any atom is -0.493 e. The maximum Gasteiger partial charge on any atom is 0.254 e. The van der Waals surface area contributed by atoms with E-state index in [1.54, 1.807) is 38.5 Å². The quantitative estimate of drug-likeness (QED) is 0.601. The van der Waals surface area contributed by atoms with Crippen molar-refractivity contribution in [3.8, 4) is 23.0 Å². The molecule has 6 rings (SSSR count). The second-order valence-corrected chi connectivity index (χ2v) is 9.01. The highest BCUT2D eigenvalue weighted by Crippen LogP contribution is 2.48. The van der Waals surface area contributed by atoms with Gasteiger partial charge in [0.15, 0.2) is 23.0 Å². The van der Waals surface area contributed by atoms with Crippen molar-refractivity contribution < 1.29 is 28.5 Å². The molecule has 0 aliphatic carbocycles. The average Bonchev–Trinajstić information content (AvgIpc) is 2.92. The van der Waals surface area contributed by atoms with Crippen LogP contribution in [0.4, 0.5) is 5.69 Å². The van der Waals surface area contributed by atoms with Crippen LogP contribution in [0.5, 0.6) is 23.0 Å². The maximum absolute atomic E-state index is 14.0. The predicted octanol–water partition coefficient (Wildman–Crippen LogP) is 3.95. The maximum atomic E-state index is 14.0. The molecule has 0 spiro atoms. The van der Waals surface area contributed by atoms with Crippen molar-refractivity contribution in [3.63, 3.8) is 0 Å². The van der Waals surface area contributed by atoms with Gasteiger partial charge in [0, 0.05) is 23.9 Å². The van der Waals surface area contributed by atoms with Crippen molar-refractivity contribution in [1.29, 1.82) is 0 Å². The number of benzene rings is 3. The van der Waals surface area contributed by atoms with E-state index in [2.05, 4.69) is 5.32 Å². The van der Waals surface area contributed by atoms with Crippen LogP contribution in [0.25, 0.3) is 0 Å². The first-order valence-electron chi connectivity index (χ1n) is 11.9. The standard InChI is InChI=1S/C28H26N2O6/c1-33-22-13-16-9-10-30-26(20(16)15-23(22)34-2)25(18-5-3-4-6-19(18)28(30)32)27(31)29-17-7-8-21-24(14-17)36-12-11-35-21/h3-8,13-15,25-26H,9-12H2,1-2H3,(H,29,31)/t25-,26+/m0/s1. The zero-order chi connectivity index (χ0) is 24.8. The van der Waals surface area contributed by atoms with E-state index in [0.29, 0.717) is 66.0 Å². The summed E-state index contributed by atoms with van der Waals surface area (Å²) in [6.07, 6.45) is 0.663. The Bertz CT molecular complexity index is 1370. The van der Waals surface area contributed by atoms with Crippen LogP contribution >= 0.6 is 0 Å². The molecule has 2 amide bonds. The van der Waals surface area contributed by atoms with Gasteiger partial charge < -0.3 is 29.2 Å². The molecule has 3 aromatic rings. The molecular formula is C28H26N2O6. The second-order valence-electron chi connectivity index (χ2n) is 9.01. The number of nitrogens with one attached hydrogen (secondary N) is 1. The number of anilines is 1. The number of amides is 2. The van der Waals surface area contributed by atoms with Gasteiger partial charge in [0.2, 0.25) is 5.91 Å². The highest BCUT2D eigenvalue weighted by molar-refractivity contribution is 6.04. The van der Waals surface area contributed by atoms with Gasteiger partial charge in [0.1, 0.15) is 13.2 Å². The largest absolute Gasteiger partial charge is 0.493 e. The normalized spacial score (nSPS) is 19.5. The van der Waals surface area contributed by atoms with Gasteiger partial charge in [-0.05, 0) is 53.4 Å². The summed E-state index contributed by atoms with van der Waals surface area (Å²) in [5.74, 6) is 1.55. The van der Waals surface area contributed by atoms with E-state index in [9.17, 15) is 9.59 Å². The molecule has 0 saturated heterocycles. The molecule has 0 saturated carbocycles. The monoisotopic (exact) mass is 486 g/mol. The zero-order valence-corrected chi connectivity index (χ0v) is 20.1. The molecule has 0 bridgehead atoms. The number of nitrogens with zero attached hydrogens (tertiary/aromatic N) is 1. The molecule has 36 heavy (non-hydrogen) atoms. The molecule has 3 aromatic carbocycles. The van der Waals surface area contributed by atoms with E-state index < -0.39 is 12.0 Å². The third-order valence-electron chi connectivity index (χ3n) is 7.12. The Kier molecular flexibility index (Phi) is 5.44. The summed E-state index contributed by atoms with van der Waals surface area (Å²) in [6, 6.07) is 16.1. The number of carbonyl (C=O) groups is 2. The summed E-state index contributed by atoms with van der Waals surface area (Å²) in [5, 5.41) is 3.06. The Morgan fingerprint density at radius 3 is 2.50 bits per heavy atom. The van der Waals surface area contributed by atoms with Crippen LogP contribution < -0.4 is 24.3 Å². The minimum atomic E-state index is -0.621. The summed E-state index contributed by atoms with van der Waals surface area (Å²) in [7, 11) is 3.18. The van der Waals surface area contributed by atoms with E-state index >= 15 is 0 Å². The van der Waals surface area contributed by atoms with E-state index in [4.69, 9.17) is 18.9 Å². The van der Waals surface area contributed by atoms with Crippen LogP contribution in [-0.4, -0.2) is 50.7 Å². The topological polar surface area (TPSA) is 86.3 Å². The number of hydrogen-bond acceptors (Lipinski definition) is 6. The van der Waals surface area contributed by atoms with Crippen molar-refractivity contribution in [2.24, 2.45) is 0 Å². The molecule has 184 valence electrons. The lowest BCUT2D eigenvalue weighted by Gasteiger charge is -2.45. The van der Waals surface area contributed by atoms with Crippen LogP contribution in [0, 0.1) is 0 Å². The number of ether oxygens (including phenoxy) is 4. The zero-order valence-electron chi connectivity index (χ0n) is 20.1. The minimum absolute atomic E-state index is 0.0700. The Hall–Kier alpha value is -4.20. The summed E-state index contributed by atoms with van der Waals surface area (Å²) in [5.41, 5.74) is 3.80. The SMILES string of the molecule is COc1cc2c(cc1OC)[C@@H]1[C@@H](C(=O)Nc3ccc4c(c3)OCCO4)c3ccccc3C(=O)N1CC2. The Morgan fingerprint density at radius 1 is 0.944 bits per heavy atom. The summed E-state index contributed by atoms with van der Waals surface area (Å²) < 4.78 is 22.4. The molecule has 0 radical (unpaired) electrons. The van der Waals surface area contributed by atoms with Crippen LogP contribution in [0.2, 0.25) is 0 Å². The van der Waals surface area contributed by atoms with Crippen molar-refractivity contribution in [2.75, 3.05) is 39.3 Å². The summed E-state index contributed by atoms with van der Waals surface area (Å²) in [6.45, 7) is 1.46. The van der Waals surface area contributed by atoms with E-state index in [0.717, 1.165) is 11.1 Å². The molecular weight excluding hydrogens is 460 g/mol. The molecule has 8 heteroatoms. The van der Waals surface area contributed by atoms with Crippen molar-refractivity contribution in [3.05, 3.63) is 76.9 Å². The summed E-state index contributed by atoms with van der Waals surface area (Å²) in [4.78, 5) is 29.3. The number of carbonyl (C=O) groups excluding carboxylic acids is 2. The molecule has 1 N–H and O–H groups in total.